The van der Waals surface area contributed by atoms with Gasteiger partial charge in [0.05, 0.1) is 11.5 Å². The zero-order valence-corrected chi connectivity index (χ0v) is 14.6. The summed E-state index contributed by atoms with van der Waals surface area (Å²) in [6, 6.07) is 14.0. The summed E-state index contributed by atoms with van der Waals surface area (Å²) in [6.45, 7) is 0.296. The van der Waals surface area contributed by atoms with Crippen LogP contribution in [0.25, 0.3) is 10.6 Å². The van der Waals surface area contributed by atoms with Gasteiger partial charge in [0.25, 0.3) is 11.6 Å². The molecule has 3 rings (SSSR count). The molecule has 1 aromatic heterocycles. The number of hydrogen-bond acceptors (Lipinski definition) is 7. The first-order valence-electron chi connectivity index (χ1n) is 7.70. The van der Waals surface area contributed by atoms with Crippen LogP contribution in [0.3, 0.4) is 0 Å². The van der Waals surface area contributed by atoms with Crippen molar-refractivity contribution in [3.8, 4) is 10.6 Å². The Balaban J connectivity index is 1.76. The lowest BCUT2D eigenvalue weighted by Gasteiger charge is -2.07. The predicted molar refractivity (Wildman–Crippen MR) is 99.2 cm³/mol. The third-order valence-corrected chi connectivity index (χ3v) is 4.57. The summed E-state index contributed by atoms with van der Waals surface area (Å²) in [6.07, 6.45) is 0. The van der Waals surface area contributed by atoms with Crippen molar-refractivity contribution in [1.29, 1.82) is 0 Å². The van der Waals surface area contributed by atoms with Crippen LogP contribution in [0.2, 0.25) is 0 Å². The van der Waals surface area contributed by atoms with Crippen LogP contribution < -0.4 is 10.6 Å². The SMILES string of the molecule is CNC(=O)c1ccc(NCc2nnc(-c3ccccc3)s2)c([N+](=O)[O-])c1. The number of nitrogens with one attached hydrogen (secondary N) is 2. The molecule has 0 aliphatic rings. The number of carbonyl (C=O) groups is 1. The number of nitro benzene ring substituents is 1. The molecule has 2 aromatic carbocycles. The molecule has 0 aliphatic carbocycles. The third-order valence-electron chi connectivity index (χ3n) is 3.60. The molecule has 0 saturated heterocycles. The lowest BCUT2D eigenvalue weighted by molar-refractivity contribution is -0.384. The quantitative estimate of drug-likeness (QED) is 0.510. The van der Waals surface area contributed by atoms with E-state index in [1.54, 1.807) is 0 Å². The number of aromatic nitrogens is 2. The molecule has 0 fully saturated rings. The van der Waals surface area contributed by atoms with Crippen molar-refractivity contribution >= 4 is 28.6 Å². The smallest absolute Gasteiger partial charge is 0.293 e. The lowest BCUT2D eigenvalue weighted by atomic mass is 10.1. The van der Waals surface area contributed by atoms with Crippen LogP contribution in [0.1, 0.15) is 15.4 Å². The topological polar surface area (TPSA) is 110 Å². The molecule has 0 aliphatic heterocycles. The highest BCUT2D eigenvalue weighted by Gasteiger charge is 2.17. The monoisotopic (exact) mass is 369 g/mol. The molecular weight excluding hydrogens is 354 g/mol. The summed E-state index contributed by atoms with van der Waals surface area (Å²) in [4.78, 5) is 22.4. The molecule has 0 saturated carbocycles. The van der Waals surface area contributed by atoms with Crippen LogP contribution in [0.4, 0.5) is 11.4 Å². The van der Waals surface area contributed by atoms with Crippen molar-refractivity contribution in [3.63, 3.8) is 0 Å². The second kappa shape index (κ2) is 7.70. The lowest BCUT2D eigenvalue weighted by Crippen LogP contribution is -2.18. The van der Waals surface area contributed by atoms with Crippen molar-refractivity contribution in [2.24, 2.45) is 0 Å². The summed E-state index contributed by atoms with van der Waals surface area (Å²) < 4.78 is 0. The van der Waals surface area contributed by atoms with E-state index in [0.29, 0.717) is 17.2 Å². The summed E-state index contributed by atoms with van der Waals surface area (Å²) in [5, 5.41) is 26.5. The maximum Gasteiger partial charge on any atom is 0.293 e. The Hall–Kier alpha value is -3.33. The number of nitro groups is 1. The first-order chi connectivity index (χ1) is 12.6. The van der Waals surface area contributed by atoms with Crippen molar-refractivity contribution in [1.82, 2.24) is 15.5 Å². The molecule has 0 unspecified atom stereocenters. The fourth-order valence-corrected chi connectivity index (χ4v) is 3.10. The van der Waals surface area contributed by atoms with Crippen molar-refractivity contribution in [3.05, 3.63) is 69.2 Å². The van der Waals surface area contributed by atoms with E-state index >= 15 is 0 Å². The van der Waals surface area contributed by atoms with Gasteiger partial charge in [-0.05, 0) is 12.1 Å². The normalized spacial score (nSPS) is 10.3. The van der Waals surface area contributed by atoms with Crippen LogP contribution >= 0.6 is 11.3 Å². The van der Waals surface area contributed by atoms with E-state index in [1.165, 1.54) is 36.6 Å². The molecule has 3 aromatic rings. The second-order valence-electron chi connectivity index (χ2n) is 5.29. The number of rotatable bonds is 6. The van der Waals surface area contributed by atoms with Crippen LogP contribution in [0, 0.1) is 10.1 Å². The number of amides is 1. The zero-order chi connectivity index (χ0) is 18.5. The molecule has 0 radical (unpaired) electrons. The summed E-state index contributed by atoms with van der Waals surface area (Å²) in [5.74, 6) is -0.378. The standard InChI is InChI=1S/C17H15N5O3S/c1-18-16(23)12-7-8-13(14(9-12)22(24)25)19-10-15-20-21-17(26-15)11-5-3-2-4-6-11/h2-9,19H,10H2,1H3,(H,18,23). The molecular formula is C17H15N5O3S. The molecule has 1 amide bonds. The van der Waals surface area contributed by atoms with Gasteiger partial charge in [0.15, 0.2) is 0 Å². The van der Waals surface area contributed by atoms with Gasteiger partial charge >= 0.3 is 0 Å². The molecule has 8 nitrogen and oxygen atoms in total. The van der Waals surface area contributed by atoms with Gasteiger partial charge in [-0.25, -0.2) is 0 Å². The first kappa shape index (κ1) is 17.5. The van der Waals surface area contributed by atoms with E-state index in [1.807, 2.05) is 30.3 Å². The Bertz CT molecular complexity index is 943. The zero-order valence-electron chi connectivity index (χ0n) is 13.8. The second-order valence-corrected chi connectivity index (χ2v) is 6.35. The molecule has 9 heteroatoms. The first-order valence-corrected chi connectivity index (χ1v) is 8.52. The van der Waals surface area contributed by atoms with Crippen LogP contribution in [-0.2, 0) is 6.54 Å². The molecule has 26 heavy (non-hydrogen) atoms. The molecule has 0 spiro atoms. The number of nitrogens with zero attached hydrogens (tertiary/aromatic N) is 3. The minimum atomic E-state index is -0.524. The van der Waals surface area contributed by atoms with Gasteiger partial charge in [-0.2, -0.15) is 0 Å². The Morgan fingerprint density at radius 2 is 1.96 bits per heavy atom. The summed E-state index contributed by atoms with van der Waals surface area (Å²) in [7, 11) is 1.47. The Morgan fingerprint density at radius 1 is 1.19 bits per heavy atom. The Kier molecular flexibility index (Phi) is 5.18. The molecule has 2 N–H and O–H groups in total. The maximum atomic E-state index is 11.6. The highest BCUT2D eigenvalue weighted by molar-refractivity contribution is 7.14. The minimum Gasteiger partial charge on any atom is -0.373 e. The average molecular weight is 369 g/mol. The van der Waals surface area contributed by atoms with E-state index in [4.69, 9.17) is 0 Å². The Labute approximate surface area is 153 Å². The highest BCUT2D eigenvalue weighted by Crippen LogP contribution is 2.28. The van der Waals surface area contributed by atoms with Crippen molar-refractivity contribution in [2.75, 3.05) is 12.4 Å². The van der Waals surface area contributed by atoms with Crippen molar-refractivity contribution < 1.29 is 9.72 Å². The third kappa shape index (κ3) is 3.83. The molecule has 0 atom stereocenters. The van der Waals surface area contributed by atoms with Crippen LogP contribution in [0.5, 0.6) is 0 Å². The summed E-state index contributed by atoms with van der Waals surface area (Å²) >= 11 is 1.41. The largest absolute Gasteiger partial charge is 0.373 e. The molecule has 1 heterocycles. The molecule has 0 bridgehead atoms. The summed E-state index contributed by atoms with van der Waals surface area (Å²) in [5.41, 5.74) is 1.35. The van der Waals surface area contributed by atoms with Gasteiger partial charge < -0.3 is 10.6 Å². The van der Waals surface area contributed by atoms with Crippen LogP contribution in [-0.4, -0.2) is 28.1 Å². The van der Waals surface area contributed by atoms with Gasteiger partial charge in [-0.1, -0.05) is 41.7 Å². The van der Waals surface area contributed by atoms with Gasteiger partial charge in [-0.3, -0.25) is 14.9 Å². The van der Waals surface area contributed by atoms with Crippen molar-refractivity contribution in [2.45, 2.75) is 6.54 Å². The van der Waals surface area contributed by atoms with Crippen LogP contribution in [0.15, 0.2) is 48.5 Å². The van der Waals surface area contributed by atoms with E-state index < -0.39 is 4.92 Å². The average Bonchev–Trinajstić information content (AvgIpc) is 3.15. The van der Waals surface area contributed by atoms with Gasteiger partial charge in [-0.15, -0.1) is 10.2 Å². The number of benzene rings is 2. The number of carbonyl (C=O) groups excluding carboxylic acids is 1. The number of hydrogen-bond donors (Lipinski definition) is 2. The predicted octanol–water partition coefficient (Wildman–Crippen LogP) is 3.09. The molecule has 132 valence electrons. The maximum absolute atomic E-state index is 11.6. The van der Waals surface area contributed by atoms with E-state index in [9.17, 15) is 14.9 Å². The van der Waals surface area contributed by atoms with Gasteiger partial charge in [0.1, 0.15) is 15.7 Å². The van der Waals surface area contributed by atoms with E-state index in [-0.39, 0.29) is 17.2 Å². The highest BCUT2D eigenvalue weighted by atomic mass is 32.1. The minimum absolute atomic E-state index is 0.168. The number of anilines is 1. The van der Waals surface area contributed by atoms with E-state index in [0.717, 1.165) is 10.6 Å². The Morgan fingerprint density at radius 3 is 2.65 bits per heavy atom. The van der Waals surface area contributed by atoms with Gasteiger partial charge in [0.2, 0.25) is 0 Å². The van der Waals surface area contributed by atoms with E-state index in [2.05, 4.69) is 20.8 Å². The van der Waals surface area contributed by atoms with Gasteiger partial charge in [0, 0.05) is 24.2 Å². The fraction of sp³-hybridized carbons (Fsp3) is 0.118. The fourth-order valence-electron chi connectivity index (χ4n) is 2.31.